The lowest BCUT2D eigenvalue weighted by Gasteiger charge is -2.39. The van der Waals surface area contributed by atoms with E-state index in [9.17, 15) is 9.59 Å². The number of amides is 2. The van der Waals surface area contributed by atoms with Crippen molar-refractivity contribution in [2.75, 3.05) is 45.8 Å². The summed E-state index contributed by atoms with van der Waals surface area (Å²) in [5, 5.41) is 2.05. The summed E-state index contributed by atoms with van der Waals surface area (Å²) in [6.45, 7) is 5.67. The van der Waals surface area contributed by atoms with Gasteiger partial charge < -0.3 is 9.80 Å². The third kappa shape index (κ3) is 5.00. The number of carbonyl (C=O) groups is 2. The van der Waals surface area contributed by atoms with Crippen LogP contribution in [0.4, 0.5) is 0 Å². The second kappa shape index (κ2) is 10.4. The van der Waals surface area contributed by atoms with Crippen molar-refractivity contribution in [1.82, 2.24) is 14.7 Å². The number of likely N-dealkylation sites (tertiary alicyclic amines) is 1. The predicted molar refractivity (Wildman–Crippen MR) is 136 cm³/mol. The van der Waals surface area contributed by atoms with Crippen LogP contribution in [0.3, 0.4) is 0 Å². The first-order valence-electron chi connectivity index (χ1n) is 12.5. The molecule has 0 bridgehead atoms. The molecule has 2 aliphatic heterocycles. The Bertz CT molecular complexity index is 1130. The lowest BCUT2D eigenvalue weighted by molar-refractivity contribution is -0.138. The van der Waals surface area contributed by atoms with Crippen molar-refractivity contribution in [3.8, 4) is 0 Å². The molecule has 3 aromatic carbocycles. The van der Waals surface area contributed by atoms with Crippen LogP contribution in [-0.2, 0) is 11.2 Å². The van der Waals surface area contributed by atoms with Crippen LogP contribution in [0.5, 0.6) is 0 Å². The van der Waals surface area contributed by atoms with Gasteiger partial charge in [0.1, 0.15) is 0 Å². The molecule has 0 spiro atoms. The molecule has 3 aromatic rings. The molecule has 0 saturated carbocycles. The number of piperidine rings is 1. The fraction of sp³-hybridized carbons (Fsp3) is 0.379. The number of nitrogens with zero attached hydrogens (tertiary/aromatic N) is 3. The van der Waals surface area contributed by atoms with E-state index in [1.807, 2.05) is 52.3 Å². The van der Waals surface area contributed by atoms with Gasteiger partial charge >= 0.3 is 0 Å². The molecule has 5 nitrogen and oxygen atoms in total. The highest BCUT2D eigenvalue weighted by molar-refractivity contribution is 6.07. The van der Waals surface area contributed by atoms with Crippen molar-refractivity contribution in [3.63, 3.8) is 0 Å². The van der Waals surface area contributed by atoms with Gasteiger partial charge in [0.2, 0.25) is 5.91 Å². The van der Waals surface area contributed by atoms with E-state index in [1.165, 1.54) is 5.56 Å². The second-order valence-electron chi connectivity index (χ2n) is 9.52. The first-order valence-corrected chi connectivity index (χ1v) is 12.5. The summed E-state index contributed by atoms with van der Waals surface area (Å²) in [6, 6.07) is 24.5. The van der Waals surface area contributed by atoms with Crippen molar-refractivity contribution in [3.05, 3.63) is 83.9 Å². The molecule has 2 heterocycles. The summed E-state index contributed by atoms with van der Waals surface area (Å²) in [4.78, 5) is 33.1. The van der Waals surface area contributed by atoms with Crippen LogP contribution >= 0.6 is 0 Å². The molecule has 1 atom stereocenters. The number of rotatable bonds is 5. The van der Waals surface area contributed by atoms with E-state index in [2.05, 4.69) is 35.2 Å². The van der Waals surface area contributed by atoms with Crippen molar-refractivity contribution < 1.29 is 9.59 Å². The normalized spacial score (nSPS) is 19.4. The average molecular weight is 456 g/mol. The number of hydrogen-bond acceptors (Lipinski definition) is 3. The van der Waals surface area contributed by atoms with E-state index in [0.717, 1.165) is 74.9 Å². The van der Waals surface area contributed by atoms with Crippen LogP contribution < -0.4 is 0 Å². The minimum absolute atomic E-state index is 0.0417. The zero-order valence-electron chi connectivity index (χ0n) is 19.7. The molecule has 2 aliphatic rings. The Hall–Kier alpha value is -3.18. The van der Waals surface area contributed by atoms with Crippen molar-refractivity contribution >= 4 is 22.6 Å². The van der Waals surface area contributed by atoms with Gasteiger partial charge in [-0.25, -0.2) is 0 Å². The second-order valence-corrected chi connectivity index (χ2v) is 9.52. The molecule has 1 unspecified atom stereocenters. The van der Waals surface area contributed by atoms with E-state index < -0.39 is 0 Å². The fourth-order valence-electron chi connectivity index (χ4n) is 5.33. The average Bonchev–Trinajstić information content (AvgIpc) is 2.92. The molecule has 0 aromatic heterocycles. The zero-order chi connectivity index (χ0) is 23.3. The summed E-state index contributed by atoms with van der Waals surface area (Å²) >= 11 is 0. The minimum Gasteiger partial charge on any atom is -0.340 e. The Balaban J connectivity index is 1.16. The Kier molecular flexibility index (Phi) is 6.91. The Morgan fingerprint density at radius 1 is 0.765 bits per heavy atom. The number of carbonyl (C=O) groups excluding carboxylic acids is 2. The van der Waals surface area contributed by atoms with Crippen molar-refractivity contribution in [1.29, 1.82) is 0 Å². The van der Waals surface area contributed by atoms with Crippen molar-refractivity contribution in [2.24, 2.45) is 5.92 Å². The van der Waals surface area contributed by atoms with Crippen LogP contribution in [0.25, 0.3) is 10.8 Å². The smallest absolute Gasteiger partial charge is 0.254 e. The SMILES string of the molecule is O=C(c1cccc2ccccc12)N1CCCC(C(=O)N2CCN(CCc3ccccc3)CC2)C1. The Labute approximate surface area is 202 Å². The largest absolute Gasteiger partial charge is 0.340 e. The van der Waals surface area contributed by atoms with Crippen LogP contribution in [0.2, 0.25) is 0 Å². The fourth-order valence-corrected chi connectivity index (χ4v) is 5.33. The quantitative estimate of drug-likeness (QED) is 0.582. The summed E-state index contributed by atoms with van der Waals surface area (Å²) < 4.78 is 0. The van der Waals surface area contributed by atoms with Gasteiger partial charge in [-0.15, -0.1) is 0 Å². The first-order chi connectivity index (χ1) is 16.7. The van der Waals surface area contributed by atoms with Gasteiger partial charge in [0.25, 0.3) is 5.91 Å². The molecule has 2 amide bonds. The number of fused-ring (bicyclic) bond motifs is 1. The van der Waals surface area contributed by atoms with Gasteiger partial charge in [0.05, 0.1) is 5.92 Å². The van der Waals surface area contributed by atoms with Gasteiger partial charge in [-0.2, -0.15) is 0 Å². The molecule has 34 heavy (non-hydrogen) atoms. The molecule has 0 radical (unpaired) electrons. The van der Waals surface area contributed by atoms with Gasteiger partial charge in [-0.05, 0) is 41.7 Å². The van der Waals surface area contributed by atoms with Crippen LogP contribution in [0.1, 0.15) is 28.8 Å². The lowest BCUT2D eigenvalue weighted by atomic mass is 9.95. The summed E-state index contributed by atoms with van der Waals surface area (Å²) in [6.07, 6.45) is 2.79. The Morgan fingerprint density at radius 3 is 2.32 bits per heavy atom. The number of hydrogen-bond donors (Lipinski definition) is 0. The van der Waals surface area contributed by atoms with Gasteiger partial charge in [0, 0.05) is 51.4 Å². The number of benzene rings is 3. The van der Waals surface area contributed by atoms with Crippen LogP contribution in [0, 0.1) is 5.92 Å². The molecule has 0 N–H and O–H groups in total. The van der Waals surface area contributed by atoms with E-state index in [-0.39, 0.29) is 17.7 Å². The maximum absolute atomic E-state index is 13.4. The van der Waals surface area contributed by atoms with Gasteiger partial charge in [-0.1, -0.05) is 66.7 Å². The molecule has 176 valence electrons. The van der Waals surface area contributed by atoms with Gasteiger partial charge in [-0.3, -0.25) is 14.5 Å². The van der Waals surface area contributed by atoms with E-state index >= 15 is 0 Å². The summed E-state index contributed by atoms with van der Waals surface area (Å²) in [7, 11) is 0. The van der Waals surface area contributed by atoms with E-state index in [1.54, 1.807) is 0 Å². The minimum atomic E-state index is -0.0939. The maximum Gasteiger partial charge on any atom is 0.254 e. The van der Waals surface area contributed by atoms with Crippen LogP contribution in [-0.4, -0.2) is 72.3 Å². The Morgan fingerprint density at radius 2 is 1.50 bits per heavy atom. The third-order valence-electron chi connectivity index (χ3n) is 7.32. The summed E-state index contributed by atoms with van der Waals surface area (Å²) in [5.74, 6) is 0.168. The standard InChI is InChI=1S/C29H33N3O2/c33-28(31-20-18-30(19-21-31)17-15-23-8-2-1-3-9-23)25-12-7-16-32(22-25)29(34)27-14-6-11-24-10-4-5-13-26(24)27/h1-6,8-11,13-14,25H,7,12,15-22H2. The molecule has 2 fully saturated rings. The highest BCUT2D eigenvalue weighted by atomic mass is 16.2. The van der Waals surface area contributed by atoms with Gasteiger partial charge in [0.15, 0.2) is 0 Å². The highest BCUT2D eigenvalue weighted by Gasteiger charge is 2.33. The molecule has 2 saturated heterocycles. The van der Waals surface area contributed by atoms with E-state index in [4.69, 9.17) is 0 Å². The highest BCUT2D eigenvalue weighted by Crippen LogP contribution is 2.25. The predicted octanol–water partition coefficient (Wildman–Crippen LogP) is 4.08. The number of piperazine rings is 1. The molecular formula is C29H33N3O2. The topological polar surface area (TPSA) is 43.9 Å². The molecule has 5 heteroatoms. The zero-order valence-corrected chi connectivity index (χ0v) is 19.7. The van der Waals surface area contributed by atoms with E-state index in [0.29, 0.717) is 6.54 Å². The maximum atomic E-state index is 13.4. The van der Waals surface area contributed by atoms with Crippen molar-refractivity contribution in [2.45, 2.75) is 19.3 Å². The lowest BCUT2D eigenvalue weighted by Crippen LogP contribution is -2.53. The molecule has 0 aliphatic carbocycles. The summed E-state index contributed by atoms with van der Waals surface area (Å²) in [5.41, 5.74) is 2.09. The van der Waals surface area contributed by atoms with Crippen LogP contribution in [0.15, 0.2) is 72.8 Å². The first kappa shape index (κ1) is 22.6. The monoisotopic (exact) mass is 455 g/mol. The third-order valence-corrected chi connectivity index (χ3v) is 7.32. The molecular weight excluding hydrogens is 422 g/mol. The molecule has 5 rings (SSSR count).